The Morgan fingerprint density at radius 3 is 2.52 bits per heavy atom. The number of pyridine rings is 1. The van der Waals surface area contributed by atoms with Gasteiger partial charge in [0.15, 0.2) is 0 Å². The first-order valence-electron chi connectivity index (χ1n) is 8.39. The number of hydrogen-bond acceptors (Lipinski definition) is 3. The van der Waals surface area contributed by atoms with Gasteiger partial charge in [0, 0.05) is 25.9 Å². The normalized spacial score (nSPS) is 13.3. The maximum Gasteiger partial charge on any atom is 0.449 e. The van der Waals surface area contributed by atoms with Crippen molar-refractivity contribution in [2.24, 2.45) is 7.05 Å². The molecule has 0 fully saturated rings. The van der Waals surface area contributed by atoms with E-state index in [1.165, 1.54) is 11.7 Å². The van der Waals surface area contributed by atoms with E-state index in [0.29, 0.717) is 16.6 Å². The van der Waals surface area contributed by atoms with Crippen molar-refractivity contribution in [1.82, 2.24) is 14.1 Å². The number of methoxy groups -OCH3 is 1. The van der Waals surface area contributed by atoms with E-state index in [9.17, 15) is 18.0 Å². The van der Waals surface area contributed by atoms with Gasteiger partial charge in [-0.25, -0.2) is 4.98 Å². The summed E-state index contributed by atoms with van der Waals surface area (Å²) in [5.74, 6) is -0.948. The molecule has 0 spiro atoms. The number of ether oxygens (including phenoxy) is 1. The SMILES string of the molecule is COC[C@H](C)n1c(C(F)(F)F)nc2ccc(-c3cc(C)c(=O)n(C)c3)cc21. The highest BCUT2D eigenvalue weighted by Gasteiger charge is 2.38. The first-order chi connectivity index (χ1) is 12.6. The third-order valence-corrected chi connectivity index (χ3v) is 4.49. The summed E-state index contributed by atoms with van der Waals surface area (Å²) < 4.78 is 48.2. The molecule has 0 saturated heterocycles. The topological polar surface area (TPSA) is 49.1 Å². The number of fused-ring (bicyclic) bond motifs is 1. The maximum atomic E-state index is 13.5. The Bertz CT molecular complexity index is 1020. The van der Waals surface area contributed by atoms with Crippen LogP contribution in [0.4, 0.5) is 13.2 Å². The van der Waals surface area contributed by atoms with Crippen molar-refractivity contribution in [2.75, 3.05) is 13.7 Å². The molecule has 27 heavy (non-hydrogen) atoms. The van der Waals surface area contributed by atoms with Crippen molar-refractivity contribution >= 4 is 11.0 Å². The van der Waals surface area contributed by atoms with Crippen LogP contribution >= 0.6 is 0 Å². The minimum absolute atomic E-state index is 0.113. The van der Waals surface area contributed by atoms with Crippen molar-refractivity contribution in [3.05, 3.63) is 52.2 Å². The van der Waals surface area contributed by atoms with E-state index >= 15 is 0 Å². The van der Waals surface area contributed by atoms with Crippen LogP contribution in [0.15, 0.2) is 35.3 Å². The van der Waals surface area contributed by atoms with Gasteiger partial charge < -0.3 is 13.9 Å². The zero-order chi connectivity index (χ0) is 19.9. The predicted molar refractivity (Wildman–Crippen MR) is 96.7 cm³/mol. The number of alkyl halides is 3. The fourth-order valence-corrected chi connectivity index (χ4v) is 3.27. The lowest BCUT2D eigenvalue weighted by Crippen LogP contribution is -2.20. The van der Waals surface area contributed by atoms with Crippen LogP contribution in [0.25, 0.3) is 22.2 Å². The van der Waals surface area contributed by atoms with E-state index in [-0.39, 0.29) is 17.7 Å². The van der Waals surface area contributed by atoms with Crippen molar-refractivity contribution in [2.45, 2.75) is 26.1 Å². The number of aryl methyl sites for hydroxylation is 2. The number of hydrogen-bond donors (Lipinski definition) is 0. The Labute approximate surface area is 154 Å². The molecule has 0 N–H and O–H groups in total. The average molecular weight is 379 g/mol. The monoisotopic (exact) mass is 379 g/mol. The zero-order valence-electron chi connectivity index (χ0n) is 15.5. The van der Waals surface area contributed by atoms with Gasteiger partial charge in [0.25, 0.3) is 5.56 Å². The van der Waals surface area contributed by atoms with Crippen LogP contribution in [0.1, 0.15) is 24.4 Å². The minimum Gasteiger partial charge on any atom is -0.383 e. The van der Waals surface area contributed by atoms with Crippen LogP contribution in [0.2, 0.25) is 0 Å². The summed E-state index contributed by atoms with van der Waals surface area (Å²) in [5, 5.41) is 0. The fourth-order valence-electron chi connectivity index (χ4n) is 3.27. The van der Waals surface area contributed by atoms with Crippen molar-refractivity contribution in [1.29, 1.82) is 0 Å². The lowest BCUT2D eigenvalue weighted by atomic mass is 10.1. The van der Waals surface area contributed by atoms with E-state index < -0.39 is 18.0 Å². The van der Waals surface area contributed by atoms with Gasteiger partial charge in [0.2, 0.25) is 5.82 Å². The molecular weight excluding hydrogens is 359 g/mol. The molecule has 2 aromatic heterocycles. The number of benzene rings is 1. The highest BCUT2D eigenvalue weighted by atomic mass is 19.4. The van der Waals surface area contributed by atoms with Crippen LogP contribution in [0, 0.1) is 6.92 Å². The van der Waals surface area contributed by atoms with E-state index in [1.54, 1.807) is 51.4 Å². The van der Waals surface area contributed by atoms with Crippen LogP contribution in [0.5, 0.6) is 0 Å². The summed E-state index contributed by atoms with van der Waals surface area (Å²) in [6.07, 6.45) is -2.91. The van der Waals surface area contributed by atoms with Crippen molar-refractivity contribution in [3.63, 3.8) is 0 Å². The van der Waals surface area contributed by atoms with Crippen LogP contribution in [-0.4, -0.2) is 27.8 Å². The first-order valence-corrected chi connectivity index (χ1v) is 8.39. The molecule has 0 aliphatic rings. The largest absolute Gasteiger partial charge is 0.449 e. The predicted octanol–water partition coefficient (Wildman–Crippen LogP) is 3.94. The Balaban J connectivity index is 2.25. The summed E-state index contributed by atoms with van der Waals surface area (Å²) >= 11 is 0. The number of imidazole rings is 1. The average Bonchev–Trinajstić information content (AvgIpc) is 2.98. The molecule has 0 amide bonds. The van der Waals surface area contributed by atoms with Gasteiger partial charge in [-0.3, -0.25) is 4.79 Å². The Kier molecular flexibility index (Phi) is 4.86. The molecule has 2 heterocycles. The summed E-state index contributed by atoms with van der Waals surface area (Å²) in [4.78, 5) is 15.7. The van der Waals surface area contributed by atoms with E-state index in [0.717, 1.165) is 10.1 Å². The lowest BCUT2D eigenvalue weighted by Gasteiger charge is -2.18. The van der Waals surface area contributed by atoms with Gasteiger partial charge in [-0.1, -0.05) is 6.07 Å². The van der Waals surface area contributed by atoms with E-state index in [1.807, 2.05) is 0 Å². The van der Waals surface area contributed by atoms with Crippen LogP contribution < -0.4 is 5.56 Å². The zero-order valence-corrected chi connectivity index (χ0v) is 15.5. The van der Waals surface area contributed by atoms with Crippen LogP contribution in [0.3, 0.4) is 0 Å². The first kappa shape index (κ1) is 19.2. The Morgan fingerprint density at radius 2 is 1.93 bits per heavy atom. The molecule has 0 saturated carbocycles. The molecule has 0 aliphatic carbocycles. The molecule has 1 atom stereocenters. The van der Waals surface area contributed by atoms with Gasteiger partial charge in [-0.15, -0.1) is 0 Å². The maximum absolute atomic E-state index is 13.5. The summed E-state index contributed by atoms with van der Waals surface area (Å²) in [6, 6.07) is 6.13. The van der Waals surface area contributed by atoms with Gasteiger partial charge in [-0.2, -0.15) is 13.2 Å². The van der Waals surface area contributed by atoms with Crippen molar-refractivity contribution in [3.8, 4) is 11.1 Å². The molecule has 0 aliphatic heterocycles. The molecule has 144 valence electrons. The standard InChI is InChI=1S/C19H20F3N3O2/c1-11-7-14(9-24(3)17(11)26)13-5-6-15-16(8-13)25(12(2)10-27-4)18(23-15)19(20,21)22/h5-9,12H,10H2,1-4H3/t12-/m0/s1. The molecule has 3 aromatic rings. The van der Waals surface area contributed by atoms with Gasteiger partial charge in [-0.05, 0) is 43.2 Å². The van der Waals surface area contributed by atoms with Gasteiger partial charge in [0.1, 0.15) is 0 Å². The van der Waals surface area contributed by atoms with E-state index in [2.05, 4.69) is 4.98 Å². The summed E-state index contributed by atoms with van der Waals surface area (Å²) in [6.45, 7) is 3.48. The molecule has 0 bridgehead atoms. The smallest absolute Gasteiger partial charge is 0.383 e. The summed E-state index contributed by atoms with van der Waals surface area (Å²) in [7, 11) is 3.09. The van der Waals surface area contributed by atoms with E-state index in [4.69, 9.17) is 4.74 Å². The third-order valence-electron chi connectivity index (χ3n) is 4.49. The number of rotatable bonds is 4. The van der Waals surface area contributed by atoms with Gasteiger partial charge in [0.05, 0.1) is 23.7 Å². The Morgan fingerprint density at radius 1 is 1.22 bits per heavy atom. The van der Waals surface area contributed by atoms with Gasteiger partial charge >= 0.3 is 6.18 Å². The highest BCUT2D eigenvalue weighted by molar-refractivity contribution is 5.83. The lowest BCUT2D eigenvalue weighted by molar-refractivity contribution is -0.147. The minimum atomic E-state index is -4.57. The molecule has 8 heteroatoms. The molecule has 1 aromatic carbocycles. The summed E-state index contributed by atoms with van der Waals surface area (Å²) in [5.41, 5.74) is 2.54. The molecule has 3 rings (SSSR count). The second kappa shape index (κ2) is 6.84. The number of aromatic nitrogens is 3. The molecule has 0 unspecified atom stereocenters. The quantitative estimate of drug-likeness (QED) is 0.690. The third kappa shape index (κ3) is 3.49. The molecular formula is C19H20F3N3O2. The molecule has 5 nitrogen and oxygen atoms in total. The second-order valence-corrected chi connectivity index (χ2v) is 6.64. The number of halogens is 3. The highest BCUT2D eigenvalue weighted by Crippen LogP contribution is 2.35. The van der Waals surface area contributed by atoms with Crippen LogP contribution in [-0.2, 0) is 18.0 Å². The van der Waals surface area contributed by atoms with Crippen molar-refractivity contribution < 1.29 is 17.9 Å². The number of nitrogens with zero attached hydrogens (tertiary/aromatic N) is 3. The fraction of sp³-hybridized carbons (Fsp3) is 0.368. The Hall–Kier alpha value is -2.61. The molecule has 0 radical (unpaired) electrons. The second-order valence-electron chi connectivity index (χ2n) is 6.64.